The number of hydrogen-bond donors (Lipinski definition) is 0. The summed E-state index contributed by atoms with van der Waals surface area (Å²) >= 11 is 0. The molecule has 0 spiro atoms. The molecule has 0 aliphatic carbocycles. The van der Waals surface area contributed by atoms with Crippen molar-refractivity contribution in [3.05, 3.63) is 12.2 Å². The Bertz CT molecular complexity index is 390. The van der Waals surface area contributed by atoms with Gasteiger partial charge in [0.2, 0.25) is 0 Å². The summed E-state index contributed by atoms with van der Waals surface area (Å²) < 4.78 is 14.0. The van der Waals surface area contributed by atoms with Gasteiger partial charge in [0, 0.05) is 5.57 Å². The maximum atomic E-state index is 11.2. The van der Waals surface area contributed by atoms with Crippen LogP contribution in [0, 0.1) is 12.3 Å². The second-order valence-electron chi connectivity index (χ2n) is 3.50. The molecule has 0 heterocycles. The standard InChI is InChI=1S/C13H16O6/c1-4-7-17-11(14)5-6-12(15)18-8-9-19-13(16)10(2)3/h1H,2,5-9H2,3H3. The van der Waals surface area contributed by atoms with Crippen LogP contribution < -0.4 is 0 Å². The summed E-state index contributed by atoms with van der Waals surface area (Å²) in [6, 6.07) is 0. The van der Waals surface area contributed by atoms with Crippen LogP contribution in [0.15, 0.2) is 12.2 Å². The molecule has 0 fully saturated rings. The van der Waals surface area contributed by atoms with Crippen LogP contribution in [0.3, 0.4) is 0 Å². The van der Waals surface area contributed by atoms with E-state index >= 15 is 0 Å². The normalized spacial score (nSPS) is 9.05. The molecule has 0 radical (unpaired) electrons. The first-order valence-corrected chi connectivity index (χ1v) is 5.54. The van der Waals surface area contributed by atoms with Gasteiger partial charge in [-0.25, -0.2) is 4.79 Å². The first-order valence-electron chi connectivity index (χ1n) is 5.54. The average Bonchev–Trinajstić information content (AvgIpc) is 2.38. The van der Waals surface area contributed by atoms with Crippen molar-refractivity contribution < 1.29 is 28.6 Å². The molecule has 0 unspecified atom stereocenters. The lowest BCUT2D eigenvalue weighted by atomic mass is 10.3. The van der Waals surface area contributed by atoms with Gasteiger partial charge in [0.1, 0.15) is 13.2 Å². The second-order valence-corrected chi connectivity index (χ2v) is 3.50. The summed E-state index contributed by atoms with van der Waals surface area (Å²) in [7, 11) is 0. The van der Waals surface area contributed by atoms with Gasteiger partial charge in [-0.05, 0) is 6.92 Å². The topological polar surface area (TPSA) is 78.9 Å². The number of rotatable bonds is 8. The fourth-order valence-corrected chi connectivity index (χ4v) is 0.884. The van der Waals surface area contributed by atoms with Gasteiger partial charge in [0.25, 0.3) is 0 Å². The van der Waals surface area contributed by atoms with Crippen LogP contribution >= 0.6 is 0 Å². The van der Waals surface area contributed by atoms with E-state index in [0.29, 0.717) is 0 Å². The Balaban J connectivity index is 3.60. The third-order valence-electron chi connectivity index (χ3n) is 1.78. The summed E-state index contributed by atoms with van der Waals surface area (Å²) in [5.41, 5.74) is 0.266. The molecule has 0 aliphatic rings. The van der Waals surface area contributed by atoms with E-state index in [1.54, 1.807) is 0 Å². The van der Waals surface area contributed by atoms with Crippen molar-refractivity contribution in [1.82, 2.24) is 0 Å². The van der Waals surface area contributed by atoms with E-state index in [1.165, 1.54) is 6.92 Å². The van der Waals surface area contributed by atoms with Crippen LogP contribution in [0.2, 0.25) is 0 Å². The largest absolute Gasteiger partial charge is 0.462 e. The summed E-state index contributed by atoms with van der Waals surface area (Å²) in [5, 5.41) is 0. The molecule has 0 aromatic rings. The van der Waals surface area contributed by atoms with E-state index in [2.05, 4.69) is 17.2 Å². The first-order chi connectivity index (χ1) is 8.97. The van der Waals surface area contributed by atoms with Crippen molar-refractivity contribution in [3.8, 4) is 12.3 Å². The molecule has 0 atom stereocenters. The molecule has 0 amide bonds. The number of hydrogen-bond acceptors (Lipinski definition) is 6. The Labute approximate surface area is 111 Å². The minimum Gasteiger partial charge on any atom is -0.462 e. The zero-order valence-corrected chi connectivity index (χ0v) is 10.8. The highest BCUT2D eigenvalue weighted by atomic mass is 16.6. The van der Waals surface area contributed by atoms with Gasteiger partial charge in [-0.3, -0.25) is 9.59 Å². The Kier molecular flexibility index (Phi) is 8.54. The van der Waals surface area contributed by atoms with E-state index in [0.717, 1.165) is 0 Å². The molecular formula is C13H16O6. The second kappa shape index (κ2) is 9.71. The number of carbonyl (C=O) groups excluding carboxylic acids is 3. The molecule has 0 aliphatic heterocycles. The lowest BCUT2D eigenvalue weighted by Gasteiger charge is -2.06. The molecule has 0 N–H and O–H groups in total. The van der Waals surface area contributed by atoms with Gasteiger partial charge in [-0.15, -0.1) is 6.42 Å². The zero-order valence-electron chi connectivity index (χ0n) is 10.8. The number of terminal acetylenes is 1. The fraction of sp³-hybridized carbons (Fsp3) is 0.462. The predicted octanol–water partition coefficient (Wildman–Crippen LogP) is 0.605. The van der Waals surface area contributed by atoms with Crippen molar-refractivity contribution in [2.75, 3.05) is 19.8 Å². The number of carbonyl (C=O) groups is 3. The summed E-state index contributed by atoms with van der Waals surface area (Å²) in [6.45, 7) is 4.66. The Morgan fingerprint density at radius 3 is 2.11 bits per heavy atom. The van der Waals surface area contributed by atoms with Crippen molar-refractivity contribution in [3.63, 3.8) is 0 Å². The van der Waals surface area contributed by atoms with Crippen molar-refractivity contribution in [1.29, 1.82) is 0 Å². The highest BCUT2D eigenvalue weighted by Gasteiger charge is 2.09. The Hall–Kier alpha value is -2.29. The molecule has 0 bridgehead atoms. The van der Waals surface area contributed by atoms with Crippen molar-refractivity contribution in [2.24, 2.45) is 0 Å². The molecule has 0 saturated heterocycles. The van der Waals surface area contributed by atoms with Crippen LogP contribution in [0.4, 0.5) is 0 Å². The highest BCUT2D eigenvalue weighted by Crippen LogP contribution is 1.97. The van der Waals surface area contributed by atoms with Gasteiger partial charge in [-0.1, -0.05) is 12.5 Å². The molecule has 6 heteroatoms. The quantitative estimate of drug-likeness (QED) is 0.211. The van der Waals surface area contributed by atoms with Crippen LogP contribution in [-0.4, -0.2) is 37.7 Å². The number of ether oxygens (including phenoxy) is 3. The van der Waals surface area contributed by atoms with Crippen LogP contribution in [0.25, 0.3) is 0 Å². The van der Waals surface area contributed by atoms with Gasteiger partial charge in [0.05, 0.1) is 12.8 Å². The summed E-state index contributed by atoms with van der Waals surface area (Å²) in [5.74, 6) is 0.440. The molecule has 0 rings (SSSR count). The van der Waals surface area contributed by atoms with Crippen LogP contribution in [0.1, 0.15) is 19.8 Å². The molecule has 6 nitrogen and oxygen atoms in total. The molecule has 104 valence electrons. The minimum atomic E-state index is -0.580. The van der Waals surface area contributed by atoms with Gasteiger partial charge >= 0.3 is 17.9 Å². The Morgan fingerprint density at radius 1 is 1.05 bits per heavy atom. The maximum absolute atomic E-state index is 11.2. The van der Waals surface area contributed by atoms with Crippen molar-refractivity contribution in [2.45, 2.75) is 19.8 Å². The third-order valence-corrected chi connectivity index (χ3v) is 1.78. The van der Waals surface area contributed by atoms with E-state index < -0.39 is 17.9 Å². The van der Waals surface area contributed by atoms with Gasteiger partial charge in [-0.2, -0.15) is 0 Å². The molecule has 0 saturated carbocycles. The number of esters is 3. The van der Waals surface area contributed by atoms with Crippen LogP contribution in [-0.2, 0) is 28.6 Å². The summed E-state index contributed by atoms with van der Waals surface area (Å²) in [6.07, 6.45) is 4.67. The Morgan fingerprint density at radius 2 is 1.58 bits per heavy atom. The molecule has 19 heavy (non-hydrogen) atoms. The molecule has 0 aromatic heterocycles. The molecule has 0 aromatic carbocycles. The SMILES string of the molecule is C#CCOC(=O)CCC(=O)OCCOC(=O)C(=C)C. The summed E-state index contributed by atoms with van der Waals surface area (Å²) in [4.78, 5) is 33.1. The van der Waals surface area contributed by atoms with Crippen molar-refractivity contribution >= 4 is 17.9 Å². The lowest BCUT2D eigenvalue weighted by molar-refractivity contribution is -0.152. The smallest absolute Gasteiger partial charge is 0.333 e. The van der Waals surface area contributed by atoms with E-state index in [-0.39, 0.29) is 38.2 Å². The van der Waals surface area contributed by atoms with Crippen LogP contribution in [0.5, 0.6) is 0 Å². The van der Waals surface area contributed by atoms with Gasteiger partial charge in [0.15, 0.2) is 6.61 Å². The third kappa shape index (κ3) is 9.41. The monoisotopic (exact) mass is 268 g/mol. The highest BCUT2D eigenvalue weighted by molar-refractivity contribution is 5.86. The van der Waals surface area contributed by atoms with Gasteiger partial charge < -0.3 is 14.2 Å². The van der Waals surface area contributed by atoms with E-state index in [4.69, 9.17) is 15.9 Å². The molecular weight excluding hydrogens is 252 g/mol. The minimum absolute atomic E-state index is 0.0566. The predicted molar refractivity (Wildman–Crippen MR) is 65.8 cm³/mol. The maximum Gasteiger partial charge on any atom is 0.333 e. The zero-order chi connectivity index (χ0) is 14.7. The van der Waals surface area contributed by atoms with E-state index in [1.807, 2.05) is 0 Å². The van der Waals surface area contributed by atoms with E-state index in [9.17, 15) is 14.4 Å². The first kappa shape index (κ1) is 16.7. The fourth-order valence-electron chi connectivity index (χ4n) is 0.884. The average molecular weight is 268 g/mol. The lowest BCUT2D eigenvalue weighted by Crippen LogP contribution is -2.15.